The van der Waals surface area contributed by atoms with Crippen LogP contribution in [0.2, 0.25) is 0 Å². The summed E-state index contributed by atoms with van der Waals surface area (Å²) in [5.74, 6) is -2.61. The van der Waals surface area contributed by atoms with Crippen LogP contribution in [0.1, 0.15) is 43.6 Å². The lowest BCUT2D eigenvalue weighted by Crippen LogP contribution is -2.52. The van der Waals surface area contributed by atoms with Crippen LogP contribution in [0.4, 0.5) is 5.69 Å². The molecular weight excluding hydrogens is 442 g/mol. The van der Waals surface area contributed by atoms with Crippen LogP contribution in [0.5, 0.6) is 0 Å². The van der Waals surface area contributed by atoms with E-state index in [2.05, 4.69) is 26.6 Å². The highest BCUT2D eigenvalue weighted by molar-refractivity contribution is 5.99. The molecule has 0 radical (unpaired) electrons. The molecule has 188 valence electrons. The van der Waals surface area contributed by atoms with E-state index < -0.39 is 29.7 Å². The molecule has 11 heteroatoms. The lowest BCUT2D eigenvalue weighted by Gasteiger charge is -2.21. The number of hydrogen-bond acceptors (Lipinski definition) is 7. The molecule has 4 amide bonds. The first-order chi connectivity index (χ1) is 16.0. The summed E-state index contributed by atoms with van der Waals surface area (Å²) >= 11 is 0. The predicted octanol–water partition coefficient (Wildman–Crippen LogP) is 0.160. The van der Waals surface area contributed by atoms with Gasteiger partial charge in [-0.25, -0.2) is 0 Å². The summed E-state index contributed by atoms with van der Waals surface area (Å²) in [5.41, 5.74) is 1.06. The first kappa shape index (κ1) is 28.6. The predicted molar refractivity (Wildman–Crippen MR) is 127 cm³/mol. The Balaban J connectivity index is 2.81. The van der Waals surface area contributed by atoms with Crippen molar-refractivity contribution in [2.45, 2.75) is 40.3 Å². The van der Waals surface area contributed by atoms with Gasteiger partial charge in [-0.3, -0.25) is 24.0 Å². The minimum Gasteiger partial charge on any atom is -0.461 e. The molecule has 0 aliphatic rings. The Morgan fingerprint density at radius 2 is 1.62 bits per heavy atom. The summed E-state index contributed by atoms with van der Waals surface area (Å²) in [6.07, 6.45) is 0. The molecule has 0 fully saturated rings. The molecule has 1 rings (SSSR count). The second kappa shape index (κ2) is 13.9. The van der Waals surface area contributed by atoms with Gasteiger partial charge in [0.15, 0.2) is 0 Å². The number of ether oxygens (including phenoxy) is 1. The third-order valence-electron chi connectivity index (χ3n) is 4.73. The first-order valence-corrected chi connectivity index (χ1v) is 11.0. The van der Waals surface area contributed by atoms with Crippen LogP contribution in [0.25, 0.3) is 0 Å². The first-order valence-electron chi connectivity index (χ1n) is 11.0. The summed E-state index contributed by atoms with van der Waals surface area (Å²) in [6, 6.07) is 3.82. The van der Waals surface area contributed by atoms with Crippen molar-refractivity contribution >= 4 is 35.3 Å². The van der Waals surface area contributed by atoms with Gasteiger partial charge in [-0.2, -0.15) is 0 Å². The molecule has 34 heavy (non-hydrogen) atoms. The number of amides is 4. The van der Waals surface area contributed by atoms with E-state index in [9.17, 15) is 24.0 Å². The SMILES string of the molecule is CNCC(=O)NC(C(=O)NCC(=O)Nc1ccc(COC(=O)C(C)C)c(C(=O)NC)c1)C(C)C. The van der Waals surface area contributed by atoms with Gasteiger partial charge in [0.25, 0.3) is 5.91 Å². The number of carbonyl (C=O) groups excluding carboxylic acids is 5. The summed E-state index contributed by atoms with van der Waals surface area (Å²) in [6.45, 7) is 6.64. The Labute approximate surface area is 199 Å². The topological polar surface area (TPSA) is 155 Å². The minimum absolute atomic E-state index is 0.0668. The number of carbonyl (C=O) groups is 5. The molecule has 0 heterocycles. The molecule has 1 atom stereocenters. The van der Waals surface area contributed by atoms with Crippen molar-refractivity contribution in [3.63, 3.8) is 0 Å². The molecule has 1 aromatic carbocycles. The summed E-state index contributed by atoms with van der Waals surface area (Å²) in [7, 11) is 3.09. The van der Waals surface area contributed by atoms with Gasteiger partial charge in [0, 0.05) is 23.9 Å². The quantitative estimate of drug-likeness (QED) is 0.269. The van der Waals surface area contributed by atoms with Gasteiger partial charge in [0.2, 0.25) is 17.7 Å². The van der Waals surface area contributed by atoms with Crippen molar-refractivity contribution in [2.75, 3.05) is 32.5 Å². The molecule has 0 aliphatic carbocycles. The van der Waals surface area contributed by atoms with Gasteiger partial charge in [0.1, 0.15) is 12.6 Å². The second-order valence-electron chi connectivity index (χ2n) is 8.30. The minimum atomic E-state index is -0.790. The molecular formula is C23H35N5O6. The fourth-order valence-electron chi connectivity index (χ4n) is 2.84. The fourth-order valence-corrected chi connectivity index (χ4v) is 2.84. The van der Waals surface area contributed by atoms with Crippen molar-refractivity contribution in [1.29, 1.82) is 0 Å². The third kappa shape index (κ3) is 9.18. The summed E-state index contributed by atoms with van der Waals surface area (Å²) < 4.78 is 5.21. The number of benzene rings is 1. The van der Waals surface area contributed by atoms with Crippen LogP contribution in [0.15, 0.2) is 18.2 Å². The van der Waals surface area contributed by atoms with Crippen LogP contribution < -0.4 is 26.6 Å². The molecule has 0 aromatic heterocycles. The molecule has 1 aromatic rings. The van der Waals surface area contributed by atoms with Crippen LogP contribution >= 0.6 is 0 Å². The average Bonchev–Trinajstić information content (AvgIpc) is 2.79. The van der Waals surface area contributed by atoms with Crippen molar-refractivity contribution in [3.05, 3.63) is 29.3 Å². The molecule has 0 saturated heterocycles. The summed E-state index contributed by atoms with van der Waals surface area (Å²) in [5, 5.41) is 13.0. The smallest absolute Gasteiger partial charge is 0.308 e. The normalized spacial score (nSPS) is 11.5. The van der Waals surface area contributed by atoms with E-state index >= 15 is 0 Å². The maximum atomic E-state index is 12.5. The standard InChI is InChI=1S/C23H35N5O6/c1-13(2)20(28-18(29)10-24-5)22(32)26-11-19(30)27-16-8-7-15(12-34-23(33)14(3)4)17(9-16)21(31)25-6/h7-9,13-14,20,24H,10-12H2,1-6H3,(H,25,31)(H,26,32)(H,27,30)(H,28,29). The molecule has 0 saturated carbocycles. The largest absolute Gasteiger partial charge is 0.461 e. The summed E-state index contributed by atoms with van der Waals surface area (Å²) in [4.78, 5) is 60.7. The number of nitrogens with one attached hydrogen (secondary N) is 5. The average molecular weight is 478 g/mol. The van der Waals surface area contributed by atoms with Gasteiger partial charge in [-0.05, 0) is 25.1 Å². The van der Waals surface area contributed by atoms with Crippen LogP contribution in [0, 0.1) is 11.8 Å². The zero-order chi connectivity index (χ0) is 25.8. The number of esters is 1. The number of anilines is 1. The Hall–Kier alpha value is -3.47. The van der Waals surface area contributed by atoms with Gasteiger partial charge < -0.3 is 31.3 Å². The number of hydrogen-bond donors (Lipinski definition) is 5. The third-order valence-corrected chi connectivity index (χ3v) is 4.73. The van der Waals surface area contributed by atoms with Gasteiger partial charge in [-0.15, -0.1) is 0 Å². The monoisotopic (exact) mass is 477 g/mol. The van der Waals surface area contributed by atoms with E-state index in [0.29, 0.717) is 11.3 Å². The van der Waals surface area contributed by atoms with Crippen molar-refractivity contribution < 1.29 is 28.7 Å². The highest BCUT2D eigenvalue weighted by atomic mass is 16.5. The van der Waals surface area contributed by atoms with Gasteiger partial charge in [0.05, 0.1) is 19.0 Å². The molecule has 0 spiro atoms. The lowest BCUT2D eigenvalue weighted by atomic mass is 10.0. The number of rotatable bonds is 12. The highest BCUT2D eigenvalue weighted by Gasteiger charge is 2.24. The van der Waals surface area contributed by atoms with Crippen molar-refractivity contribution in [2.24, 2.45) is 11.8 Å². The van der Waals surface area contributed by atoms with Crippen LogP contribution in [-0.2, 0) is 30.5 Å². The van der Waals surface area contributed by atoms with Gasteiger partial charge in [-0.1, -0.05) is 33.8 Å². The van der Waals surface area contributed by atoms with E-state index in [4.69, 9.17) is 4.74 Å². The second-order valence-corrected chi connectivity index (χ2v) is 8.30. The molecule has 11 nitrogen and oxygen atoms in total. The number of likely N-dealkylation sites (N-methyl/N-ethyl adjacent to an activating group) is 1. The molecule has 5 N–H and O–H groups in total. The van der Waals surface area contributed by atoms with E-state index in [-0.39, 0.29) is 43.0 Å². The maximum absolute atomic E-state index is 12.5. The Morgan fingerprint density at radius 3 is 2.18 bits per heavy atom. The Bertz CT molecular complexity index is 900. The van der Waals surface area contributed by atoms with E-state index in [0.717, 1.165) is 0 Å². The highest BCUT2D eigenvalue weighted by Crippen LogP contribution is 2.18. The molecule has 0 aliphatic heterocycles. The van der Waals surface area contributed by atoms with E-state index in [1.54, 1.807) is 46.9 Å². The van der Waals surface area contributed by atoms with Crippen LogP contribution in [-0.4, -0.2) is 62.8 Å². The van der Waals surface area contributed by atoms with E-state index in [1.165, 1.54) is 13.1 Å². The zero-order valence-corrected chi connectivity index (χ0v) is 20.5. The zero-order valence-electron chi connectivity index (χ0n) is 20.5. The molecule has 0 bridgehead atoms. The molecule has 1 unspecified atom stereocenters. The Morgan fingerprint density at radius 1 is 0.941 bits per heavy atom. The van der Waals surface area contributed by atoms with Crippen molar-refractivity contribution in [1.82, 2.24) is 21.3 Å². The maximum Gasteiger partial charge on any atom is 0.308 e. The fraction of sp³-hybridized carbons (Fsp3) is 0.522. The van der Waals surface area contributed by atoms with Gasteiger partial charge >= 0.3 is 5.97 Å². The lowest BCUT2D eigenvalue weighted by molar-refractivity contribution is -0.148. The van der Waals surface area contributed by atoms with E-state index in [1.807, 2.05) is 0 Å². The van der Waals surface area contributed by atoms with Crippen LogP contribution in [0.3, 0.4) is 0 Å². The van der Waals surface area contributed by atoms with Crippen molar-refractivity contribution in [3.8, 4) is 0 Å². The Kier molecular flexibility index (Phi) is 11.7.